The van der Waals surface area contributed by atoms with Crippen LogP contribution in [0.25, 0.3) is 10.9 Å². The molecule has 100 valence electrons. The second-order valence-electron chi connectivity index (χ2n) is 4.37. The summed E-state index contributed by atoms with van der Waals surface area (Å²) < 4.78 is 0. The van der Waals surface area contributed by atoms with Gasteiger partial charge in [-0.2, -0.15) is 0 Å². The predicted molar refractivity (Wildman–Crippen MR) is 79.9 cm³/mol. The summed E-state index contributed by atoms with van der Waals surface area (Å²) in [6.45, 7) is 0.575. The van der Waals surface area contributed by atoms with Crippen LogP contribution in [0.3, 0.4) is 0 Å². The van der Waals surface area contributed by atoms with Crippen molar-refractivity contribution < 1.29 is 4.79 Å². The van der Waals surface area contributed by atoms with E-state index in [2.05, 4.69) is 15.3 Å². The zero-order chi connectivity index (χ0) is 13.8. The highest BCUT2D eigenvalue weighted by Gasteiger charge is 2.07. The van der Waals surface area contributed by atoms with Gasteiger partial charge in [-0.3, -0.25) is 9.78 Å². The molecule has 0 saturated heterocycles. The number of nitrogens with zero attached hydrogens (tertiary/aromatic N) is 2. The highest BCUT2D eigenvalue weighted by molar-refractivity contribution is 7.07. The molecule has 3 rings (SSSR count). The standard InChI is InChI=1S/C15H13N3OS/c19-15(13-9-20-10-18-13)17-8-6-12-4-1-3-11-5-2-7-16-14(11)12/h1-5,7,9-10H,6,8H2,(H,17,19). The van der Waals surface area contributed by atoms with Crippen LogP contribution < -0.4 is 5.32 Å². The molecule has 0 bridgehead atoms. The highest BCUT2D eigenvalue weighted by atomic mass is 32.1. The first kappa shape index (κ1) is 12.7. The fourth-order valence-corrected chi connectivity index (χ4v) is 2.63. The Morgan fingerprint density at radius 2 is 2.10 bits per heavy atom. The molecule has 3 aromatic rings. The number of amides is 1. The Hall–Kier alpha value is -2.27. The lowest BCUT2D eigenvalue weighted by atomic mass is 10.1. The third-order valence-electron chi connectivity index (χ3n) is 3.06. The van der Waals surface area contributed by atoms with E-state index in [1.807, 2.05) is 30.3 Å². The van der Waals surface area contributed by atoms with Crippen molar-refractivity contribution in [2.24, 2.45) is 0 Å². The molecule has 0 aliphatic carbocycles. The van der Waals surface area contributed by atoms with Crippen LogP contribution in [-0.2, 0) is 6.42 Å². The lowest BCUT2D eigenvalue weighted by Crippen LogP contribution is -2.25. The van der Waals surface area contributed by atoms with Gasteiger partial charge in [0, 0.05) is 23.5 Å². The summed E-state index contributed by atoms with van der Waals surface area (Å²) in [6, 6.07) is 10.1. The van der Waals surface area contributed by atoms with Gasteiger partial charge in [-0.1, -0.05) is 24.3 Å². The van der Waals surface area contributed by atoms with Gasteiger partial charge >= 0.3 is 0 Å². The molecular formula is C15H13N3OS. The van der Waals surface area contributed by atoms with Crippen LogP contribution in [-0.4, -0.2) is 22.4 Å². The summed E-state index contributed by atoms with van der Waals surface area (Å²) in [5.74, 6) is -0.126. The summed E-state index contributed by atoms with van der Waals surface area (Å²) in [7, 11) is 0. The molecule has 1 amide bonds. The molecule has 1 aromatic carbocycles. The molecular weight excluding hydrogens is 270 g/mol. The molecule has 0 fully saturated rings. The number of pyridine rings is 1. The number of fused-ring (bicyclic) bond motifs is 1. The second kappa shape index (κ2) is 5.79. The Kier molecular flexibility index (Phi) is 3.69. The number of aromatic nitrogens is 2. The number of carbonyl (C=O) groups is 1. The van der Waals surface area contributed by atoms with Crippen molar-refractivity contribution in [2.45, 2.75) is 6.42 Å². The van der Waals surface area contributed by atoms with Crippen LogP contribution in [0, 0.1) is 0 Å². The first-order valence-electron chi connectivity index (χ1n) is 6.33. The SMILES string of the molecule is O=C(NCCc1cccc2cccnc12)c1cscn1. The van der Waals surface area contributed by atoms with Crippen molar-refractivity contribution in [2.75, 3.05) is 6.54 Å². The molecule has 1 N–H and O–H groups in total. The van der Waals surface area contributed by atoms with Gasteiger partial charge in [0.25, 0.3) is 5.91 Å². The van der Waals surface area contributed by atoms with E-state index in [-0.39, 0.29) is 5.91 Å². The maximum atomic E-state index is 11.8. The molecule has 0 aliphatic heterocycles. The van der Waals surface area contributed by atoms with Crippen LogP contribution in [0.2, 0.25) is 0 Å². The van der Waals surface area contributed by atoms with Gasteiger partial charge in [0.2, 0.25) is 0 Å². The summed E-state index contributed by atoms with van der Waals surface area (Å²) in [5.41, 5.74) is 4.27. The van der Waals surface area contributed by atoms with Gasteiger partial charge in [-0.15, -0.1) is 11.3 Å². The third-order valence-corrected chi connectivity index (χ3v) is 3.65. The largest absolute Gasteiger partial charge is 0.350 e. The van der Waals surface area contributed by atoms with E-state index in [9.17, 15) is 4.79 Å². The number of benzene rings is 1. The maximum Gasteiger partial charge on any atom is 0.270 e. The fraction of sp³-hybridized carbons (Fsp3) is 0.133. The minimum Gasteiger partial charge on any atom is -0.350 e. The van der Waals surface area contributed by atoms with E-state index in [4.69, 9.17) is 0 Å². The van der Waals surface area contributed by atoms with Gasteiger partial charge in [0.15, 0.2) is 0 Å². The molecule has 20 heavy (non-hydrogen) atoms. The smallest absolute Gasteiger partial charge is 0.270 e. The normalized spacial score (nSPS) is 10.6. The molecule has 0 spiro atoms. The molecule has 4 nitrogen and oxygen atoms in total. The minimum atomic E-state index is -0.126. The van der Waals surface area contributed by atoms with E-state index in [0.29, 0.717) is 12.2 Å². The van der Waals surface area contributed by atoms with Gasteiger partial charge in [-0.05, 0) is 18.1 Å². The van der Waals surface area contributed by atoms with Gasteiger partial charge < -0.3 is 5.32 Å². The maximum absolute atomic E-state index is 11.8. The Morgan fingerprint density at radius 3 is 2.95 bits per heavy atom. The van der Waals surface area contributed by atoms with Crippen LogP contribution in [0.15, 0.2) is 47.4 Å². The van der Waals surface area contributed by atoms with Crippen LogP contribution in [0.4, 0.5) is 0 Å². The molecule has 0 saturated carbocycles. The van der Waals surface area contributed by atoms with Crippen LogP contribution in [0.1, 0.15) is 16.1 Å². The number of hydrogen-bond donors (Lipinski definition) is 1. The molecule has 2 heterocycles. The molecule has 0 aliphatic rings. The monoisotopic (exact) mass is 283 g/mol. The Labute approximate surface area is 120 Å². The fourth-order valence-electron chi connectivity index (χ4n) is 2.10. The lowest BCUT2D eigenvalue weighted by Gasteiger charge is -2.06. The number of hydrogen-bond acceptors (Lipinski definition) is 4. The van der Waals surface area contributed by atoms with Crippen molar-refractivity contribution in [3.8, 4) is 0 Å². The van der Waals surface area contributed by atoms with Crippen molar-refractivity contribution in [1.29, 1.82) is 0 Å². The average molecular weight is 283 g/mol. The van der Waals surface area contributed by atoms with E-state index in [1.165, 1.54) is 11.3 Å². The van der Waals surface area contributed by atoms with Crippen LogP contribution in [0.5, 0.6) is 0 Å². The van der Waals surface area contributed by atoms with Crippen molar-refractivity contribution in [3.05, 3.63) is 58.7 Å². The quantitative estimate of drug-likeness (QED) is 0.801. The van der Waals surface area contributed by atoms with Crippen LogP contribution >= 0.6 is 11.3 Å². The van der Waals surface area contributed by atoms with Crippen molar-refractivity contribution in [3.63, 3.8) is 0 Å². The molecule has 0 atom stereocenters. The summed E-state index contributed by atoms with van der Waals surface area (Å²) in [5, 5.41) is 5.74. The van der Waals surface area contributed by atoms with Gasteiger partial charge in [0.1, 0.15) is 5.69 Å². The number of nitrogens with one attached hydrogen (secondary N) is 1. The molecule has 2 aromatic heterocycles. The number of thiazole rings is 1. The summed E-state index contributed by atoms with van der Waals surface area (Å²) in [6.07, 6.45) is 2.55. The number of rotatable bonds is 4. The Balaban J connectivity index is 1.67. The zero-order valence-corrected chi connectivity index (χ0v) is 11.6. The molecule has 0 unspecified atom stereocenters. The first-order chi connectivity index (χ1) is 9.84. The predicted octanol–water partition coefficient (Wildman–Crippen LogP) is 2.66. The average Bonchev–Trinajstić information content (AvgIpc) is 3.02. The number of para-hydroxylation sites is 1. The van der Waals surface area contributed by atoms with E-state index < -0.39 is 0 Å². The van der Waals surface area contributed by atoms with Gasteiger partial charge in [-0.25, -0.2) is 4.98 Å². The summed E-state index contributed by atoms with van der Waals surface area (Å²) in [4.78, 5) is 20.2. The van der Waals surface area contributed by atoms with Crippen molar-refractivity contribution >= 4 is 28.1 Å². The zero-order valence-electron chi connectivity index (χ0n) is 10.7. The molecule has 0 radical (unpaired) electrons. The third kappa shape index (κ3) is 2.67. The van der Waals surface area contributed by atoms with E-state index in [0.717, 1.165) is 22.9 Å². The Bertz CT molecular complexity index is 720. The van der Waals surface area contributed by atoms with E-state index >= 15 is 0 Å². The summed E-state index contributed by atoms with van der Waals surface area (Å²) >= 11 is 1.42. The topological polar surface area (TPSA) is 54.9 Å². The van der Waals surface area contributed by atoms with Gasteiger partial charge in [0.05, 0.1) is 11.0 Å². The number of carbonyl (C=O) groups excluding carboxylic acids is 1. The van der Waals surface area contributed by atoms with Crippen molar-refractivity contribution in [1.82, 2.24) is 15.3 Å². The first-order valence-corrected chi connectivity index (χ1v) is 7.28. The Morgan fingerprint density at radius 1 is 1.20 bits per heavy atom. The lowest BCUT2D eigenvalue weighted by molar-refractivity contribution is 0.0950. The van der Waals surface area contributed by atoms with E-state index in [1.54, 1.807) is 17.1 Å². The highest BCUT2D eigenvalue weighted by Crippen LogP contribution is 2.16. The minimum absolute atomic E-state index is 0.126. The molecule has 5 heteroatoms. The second-order valence-corrected chi connectivity index (χ2v) is 5.09.